The van der Waals surface area contributed by atoms with Gasteiger partial charge in [0.25, 0.3) is 0 Å². The summed E-state index contributed by atoms with van der Waals surface area (Å²) in [6, 6.07) is 0. The summed E-state index contributed by atoms with van der Waals surface area (Å²) in [6.45, 7) is 13.6. The fourth-order valence-corrected chi connectivity index (χ4v) is 1.44. The molecule has 0 radical (unpaired) electrons. The fraction of sp³-hybridized carbons (Fsp3) is 1.00. The van der Waals surface area contributed by atoms with Crippen molar-refractivity contribution in [2.75, 3.05) is 38.6 Å². The summed E-state index contributed by atoms with van der Waals surface area (Å²) in [7, 11) is 0. The van der Waals surface area contributed by atoms with Gasteiger partial charge in [-0.1, -0.05) is 20.8 Å². The molecule has 0 amide bonds. The smallest absolute Gasteiger partial charge is 0.0593 e. The van der Waals surface area contributed by atoms with E-state index in [1.54, 1.807) is 0 Å². The zero-order valence-corrected chi connectivity index (χ0v) is 10.9. The van der Waals surface area contributed by atoms with Crippen molar-refractivity contribution in [3.05, 3.63) is 0 Å². The summed E-state index contributed by atoms with van der Waals surface area (Å²) >= 11 is 4.37. The van der Waals surface area contributed by atoms with Crippen LogP contribution in [0.4, 0.5) is 0 Å². The van der Waals surface area contributed by atoms with Crippen LogP contribution in [0.3, 0.4) is 0 Å². The van der Waals surface area contributed by atoms with Gasteiger partial charge in [0.1, 0.15) is 0 Å². The van der Waals surface area contributed by atoms with E-state index in [4.69, 9.17) is 4.74 Å². The van der Waals surface area contributed by atoms with Crippen LogP contribution in [-0.2, 0) is 4.74 Å². The van der Waals surface area contributed by atoms with Crippen LogP contribution in [0.2, 0.25) is 0 Å². The fourth-order valence-electron chi connectivity index (χ4n) is 1.34. The summed E-state index contributed by atoms with van der Waals surface area (Å²) in [5, 5.41) is 0. The van der Waals surface area contributed by atoms with Crippen molar-refractivity contribution in [1.82, 2.24) is 4.90 Å². The molecule has 0 aromatic heterocycles. The Bertz CT molecular complexity index is 139. The highest BCUT2D eigenvalue weighted by Gasteiger charge is 2.18. The van der Waals surface area contributed by atoms with Gasteiger partial charge in [-0.25, -0.2) is 0 Å². The third-order valence-corrected chi connectivity index (χ3v) is 3.14. The highest BCUT2D eigenvalue weighted by atomic mass is 32.1. The second-order valence-corrected chi connectivity index (χ2v) is 4.70. The molecule has 0 heterocycles. The lowest BCUT2D eigenvalue weighted by Crippen LogP contribution is -2.37. The molecule has 0 saturated heterocycles. The van der Waals surface area contributed by atoms with Crippen LogP contribution in [-0.4, -0.2) is 43.5 Å². The van der Waals surface area contributed by atoms with Gasteiger partial charge in [0.05, 0.1) is 6.61 Å². The highest BCUT2D eigenvalue weighted by Crippen LogP contribution is 2.18. The Kier molecular flexibility index (Phi) is 7.69. The number of nitrogens with zero attached hydrogens (tertiary/aromatic N) is 1. The van der Waals surface area contributed by atoms with E-state index in [0.29, 0.717) is 5.41 Å². The summed E-state index contributed by atoms with van der Waals surface area (Å²) in [4.78, 5) is 2.42. The standard InChI is InChI=1S/C11H25NOS/c1-5-12(7-8-13-6-2)9-11(3,4)10-14/h14H,5-10H2,1-4H3. The van der Waals surface area contributed by atoms with Gasteiger partial charge in [-0.15, -0.1) is 0 Å². The zero-order valence-electron chi connectivity index (χ0n) is 10.0. The molecule has 0 aromatic rings. The highest BCUT2D eigenvalue weighted by molar-refractivity contribution is 7.80. The lowest BCUT2D eigenvalue weighted by Gasteiger charge is -2.30. The Balaban J connectivity index is 3.78. The van der Waals surface area contributed by atoms with Crippen molar-refractivity contribution in [1.29, 1.82) is 0 Å². The van der Waals surface area contributed by atoms with Gasteiger partial charge in [-0.05, 0) is 24.6 Å². The molecule has 14 heavy (non-hydrogen) atoms. The predicted octanol–water partition coefficient (Wildman–Crippen LogP) is 2.30. The number of thiol groups is 1. The average molecular weight is 219 g/mol. The Morgan fingerprint density at radius 1 is 1.29 bits per heavy atom. The third kappa shape index (κ3) is 6.68. The Labute approximate surface area is 94.4 Å². The minimum absolute atomic E-state index is 0.297. The van der Waals surface area contributed by atoms with Gasteiger partial charge in [-0.3, -0.25) is 0 Å². The molecule has 2 nitrogen and oxygen atoms in total. The molecule has 0 unspecified atom stereocenters. The maximum absolute atomic E-state index is 5.35. The lowest BCUT2D eigenvalue weighted by molar-refractivity contribution is 0.101. The van der Waals surface area contributed by atoms with E-state index in [0.717, 1.165) is 38.6 Å². The van der Waals surface area contributed by atoms with Gasteiger partial charge in [-0.2, -0.15) is 12.6 Å². The van der Waals surface area contributed by atoms with Crippen molar-refractivity contribution in [2.45, 2.75) is 27.7 Å². The Morgan fingerprint density at radius 3 is 2.36 bits per heavy atom. The number of hydrogen-bond acceptors (Lipinski definition) is 3. The molecule has 0 fully saturated rings. The molecule has 0 aliphatic rings. The van der Waals surface area contributed by atoms with Crippen LogP contribution >= 0.6 is 12.6 Å². The first-order chi connectivity index (χ1) is 6.55. The van der Waals surface area contributed by atoms with Crippen molar-refractivity contribution in [3.8, 4) is 0 Å². The van der Waals surface area contributed by atoms with Gasteiger partial charge < -0.3 is 9.64 Å². The molecule has 0 aromatic carbocycles. The van der Waals surface area contributed by atoms with Gasteiger partial charge in [0.2, 0.25) is 0 Å². The molecule has 0 saturated carbocycles. The molecular weight excluding hydrogens is 194 g/mol. The molecule has 86 valence electrons. The van der Waals surface area contributed by atoms with E-state index in [1.807, 2.05) is 6.92 Å². The van der Waals surface area contributed by atoms with Crippen LogP contribution in [0, 0.1) is 5.41 Å². The van der Waals surface area contributed by atoms with Crippen molar-refractivity contribution in [3.63, 3.8) is 0 Å². The normalized spacial score (nSPS) is 12.4. The van der Waals surface area contributed by atoms with E-state index in [1.165, 1.54) is 0 Å². The number of rotatable bonds is 8. The van der Waals surface area contributed by atoms with Crippen LogP contribution in [0.15, 0.2) is 0 Å². The van der Waals surface area contributed by atoms with E-state index in [9.17, 15) is 0 Å². The van der Waals surface area contributed by atoms with Gasteiger partial charge in [0, 0.05) is 19.7 Å². The third-order valence-electron chi connectivity index (χ3n) is 2.28. The minimum Gasteiger partial charge on any atom is -0.380 e. The van der Waals surface area contributed by atoms with Crippen LogP contribution in [0.1, 0.15) is 27.7 Å². The van der Waals surface area contributed by atoms with E-state index >= 15 is 0 Å². The van der Waals surface area contributed by atoms with Crippen LogP contribution in [0.5, 0.6) is 0 Å². The van der Waals surface area contributed by atoms with Gasteiger partial charge in [0.15, 0.2) is 0 Å². The predicted molar refractivity (Wildman–Crippen MR) is 66.2 cm³/mol. The molecule has 0 aliphatic carbocycles. The molecule has 3 heteroatoms. The molecule has 0 bridgehead atoms. The van der Waals surface area contributed by atoms with E-state index < -0.39 is 0 Å². The van der Waals surface area contributed by atoms with Crippen molar-refractivity contribution < 1.29 is 4.74 Å². The molecular formula is C11H25NOS. The second-order valence-electron chi connectivity index (χ2n) is 4.39. The van der Waals surface area contributed by atoms with Crippen LogP contribution in [0.25, 0.3) is 0 Å². The molecule has 0 spiro atoms. The van der Waals surface area contributed by atoms with Crippen LogP contribution < -0.4 is 0 Å². The average Bonchev–Trinajstić information content (AvgIpc) is 2.16. The molecule has 0 N–H and O–H groups in total. The van der Waals surface area contributed by atoms with Crippen molar-refractivity contribution in [2.24, 2.45) is 5.41 Å². The maximum atomic E-state index is 5.35. The monoisotopic (exact) mass is 219 g/mol. The first-order valence-electron chi connectivity index (χ1n) is 5.46. The zero-order chi connectivity index (χ0) is 11.0. The Hall–Kier alpha value is 0.270. The second kappa shape index (κ2) is 7.55. The summed E-state index contributed by atoms with van der Waals surface area (Å²) in [5.41, 5.74) is 0.297. The molecule has 0 rings (SSSR count). The van der Waals surface area contributed by atoms with E-state index in [-0.39, 0.29) is 0 Å². The van der Waals surface area contributed by atoms with Gasteiger partial charge >= 0.3 is 0 Å². The molecule has 0 aliphatic heterocycles. The Morgan fingerprint density at radius 2 is 1.93 bits per heavy atom. The number of ether oxygens (including phenoxy) is 1. The molecule has 0 atom stereocenters. The SMILES string of the molecule is CCOCCN(CC)CC(C)(C)CS. The number of likely N-dealkylation sites (N-methyl/N-ethyl adjacent to an activating group) is 1. The quantitative estimate of drug-likeness (QED) is 0.497. The number of hydrogen-bond donors (Lipinski definition) is 1. The summed E-state index contributed by atoms with van der Waals surface area (Å²) in [6.07, 6.45) is 0. The minimum atomic E-state index is 0.297. The first kappa shape index (κ1) is 14.3. The summed E-state index contributed by atoms with van der Waals surface area (Å²) in [5.74, 6) is 0.929. The summed E-state index contributed by atoms with van der Waals surface area (Å²) < 4.78 is 5.35. The maximum Gasteiger partial charge on any atom is 0.0593 e. The topological polar surface area (TPSA) is 12.5 Å². The van der Waals surface area contributed by atoms with E-state index in [2.05, 4.69) is 38.3 Å². The lowest BCUT2D eigenvalue weighted by atomic mass is 9.95. The van der Waals surface area contributed by atoms with Crippen molar-refractivity contribution >= 4 is 12.6 Å². The largest absolute Gasteiger partial charge is 0.380 e. The first-order valence-corrected chi connectivity index (χ1v) is 6.10.